The average Bonchev–Trinajstić information content (AvgIpc) is 3.10. The highest BCUT2D eigenvalue weighted by Gasteiger charge is 2.22. The second kappa shape index (κ2) is 10.9. The van der Waals surface area contributed by atoms with Gasteiger partial charge in [0, 0.05) is 25.6 Å². The summed E-state index contributed by atoms with van der Waals surface area (Å²) in [5, 5.41) is 5.95. The van der Waals surface area contributed by atoms with Crippen LogP contribution in [-0.4, -0.2) is 61.2 Å². The summed E-state index contributed by atoms with van der Waals surface area (Å²) in [6.45, 7) is 1.38. The Morgan fingerprint density at radius 2 is 1.97 bits per heavy atom. The Kier molecular flexibility index (Phi) is 8.25. The van der Waals surface area contributed by atoms with Gasteiger partial charge >= 0.3 is 6.03 Å². The molecule has 11 heteroatoms. The van der Waals surface area contributed by atoms with E-state index in [-0.39, 0.29) is 11.3 Å². The maximum Gasteiger partial charge on any atom is 0.321 e. The molecule has 3 rings (SSSR count). The van der Waals surface area contributed by atoms with Crippen LogP contribution in [0.25, 0.3) is 10.2 Å². The van der Waals surface area contributed by atoms with Crippen LogP contribution in [-0.2, 0) is 33.7 Å². The maximum absolute atomic E-state index is 13.2. The van der Waals surface area contributed by atoms with Crippen LogP contribution < -0.4 is 16.2 Å². The van der Waals surface area contributed by atoms with E-state index in [1.54, 1.807) is 23.0 Å². The van der Waals surface area contributed by atoms with E-state index >= 15 is 0 Å². The number of nitrogens with zero attached hydrogens (tertiary/aromatic N) is 2. The van der Waals surface area contributed by atoms with Gasteiger partial charge in [-0.3, -0.25) is 19.5 Å². The molecule has 0 unspecified atom stereocenters. The standard InChI is InChI=1S/C19H26N4O5S2/c1-27-9-7-20-18(26)21-14(24)11-29-19-22-16-15(17(25)23(19)8-10-28-2)12-5-3-4-6-13(12)30-16/h3-11H2,1-2H3,(H2,20,21,24,26). The Hall–Kier alpha value is -1.95. The number of methoxy groups -OCH3 is 2. The zero-order chi connectivity index (χ0) is 21.5. The predicted octanol–water partition coefficient (Wildman–Crippen LogP) is 1.55. The first kappa shape index (κ1) is 22.7. The fourth-order valence-corrected chi connectivity index (χ4v) is 5.44. The van der Waals surface area contributed by atoms with Gasteiger partial charge in [-0.2, -0.15) is 0 Å². The van der Waals surface area contributed by atoms with Gasteiger partial charge in [0.1, 0.15) is 4.83 Å². The van der Waals surface area contributed by atoms with Crippen molar-refractivity contribution in [2.75, 3.05) is 39.7 Å². The highest BCUT2D eigenvalue weighted by atomic mass is 32.2. The van der Waals surface area contributed by atoms with Crippen LogP contribution in [0.5, 0.6) is 0 Å². The molecule has 0 atom stereocenters. The van der Waals surface area contributed by atoms with E-state index in [0.29, 0.717) is 36.8 Å². The molecule has 164 valence electrons. The number of thioether (sulfide) groups is 1. The maximum atomic E-state index is 13.2. The molecule has 9 nitrogen and oxygen atoms in total. The fourth-order valence-electron chi connectivity index (χ4n) is 3.31. The molecule has 30 heavy (non-hydrogen) atoms. The van der Waals surface area contributed by atoms with Crippen molar-refractivity contribution in [3.8, 4) is 0 Å². The summed E-state index contributed by atoms with van der Waals surface area (Å²) in [5.74, 6) is -0.499. The van der Waals surface area contributed by atoms with E-state index in [4.69, 9.17) is 14.5 Å². The molecular formula is C19H26N4O5S2. The number of carbonyl (C=O) groups excluding carboxylic acids is 2. The number of amides is 3. The molecular weight excluding hydrogens is 428 g/mol. The molecule has 0 saturated carbocycles. The van der Waals surface area contributed by atoms with E-state index in [1.807, 2.05) is 0 Å². The van der Waals surface area contributed by atoms with Crippen molar-refractivity contribution in [3.05, 3.63) is 20.8 Å². The number of hydrogen-bond acceptors (Lipinski definition) is 8. The van der Waals surface area contributed by atoms with E-state index in [1.165, 1.54) is 12.0 Å². The lowest BCUT2D eigenvalue weighted by molar-refractivity contribution is -0.117. The number of aromatic nitrogens is 2. The molecule has 2 heterocycles. The molecule has 2 aromatic heterocycles. The molecule has 0 radical (unpaired) electrons. The molecule has 0 bridgehead atoms. The van der Waals surface area contributed by atoms with Gasteiger partial charge in [-0.15, -0.1) is 11.3 Å². The minimum absolute atomic E-state index is 0.0340. The van der Waals surface area contributed by atoms with Gasteiger partial charge in [0.25, 0.3) is 5.56 Å². The highest BCUT2D eigenvalue weighted by Crippen LogP contribution is 2.34. The Labute approximate surface area is 182 Å². The van der Waals surface area contributed by atoms with Gasteiger partial charge in [0.05, 0.1) is 30.9 Å². The molecule has 2 N–H and O–H groups in total. The summed E-state index contributed by atoms with van der Waals surface area (Å²) in [5.41, 5.74) is 1.05. The van der Waals surface area contributed by atoms with Gasteiger partial charge in [0.15, 0.2) is 5.16 Å². The highest BCUT2D eigenvalue weighted by molar-refractivity contribution is 7.99. The summed E-state index contributed by atoms with van der Waals surface area (Å²) >= 11 is 2.71. The van der Waals surface area contributed by atoms with Crippen molar-refractivity contribution in [1.29, 1.82) is 0 Å². The molecule has 2 aromatic rings. The minimum atomic E-state index is -0.580. The van der Waals surface area contributed by atoms with Gasteiger partial charge in [-0.25, -0.2) is 9.78 Å². The lowest BCUT2D eigenvalue weighted by Gasteiger charge is -2.13. The summed E-state index contributed by atoms with van der Waals surface area (Å²) in [6.07, 6.45) is 4.10. The second-order valence-electron chi connectivity index (χ2n) is 6.82. The Morgan fingerprint density at radius 3 is 2.73 bits per heavy atom. The van der Waals surface area contributed by atoms with E-state index in [0.717, 1.165) is 47.8 Å². The van der Waals surface area contributed by atoms with Crippen LogP contribution in [0.4, 0.5) is 4.79 Å². The first-order chi connectivity index (χ1) is 14.5. The summed E-state index contributed by atoms with van der Waals surface area (Å²) < 4.78 is 11.6. The van der Waals surface area contributed by atoms with Crippen LogP contribution in [0.15, 0.2) is 9.95 Å². The van der Waals surface area contributed by atoms with Gasteiger partial charge in [-0.05, 0) is 31.2 Å². The van der Waals surface area contributed by atoms with Crippen molar-refractivity contribution in [2.45, 2.75) is 37.4 Å². The van der Waals surface area contributed by atoms with Crippen LogP contribution in [0, 0.1) is 0 Å². The third-order valence-corrected chi connectivity index (χ3v) is 6.90. The van der Waals surface area contributed by atoms with Crippen molar-refractivity contribution in [3.63, 3.8) is 0 Å². The number of thiophene rings is 1. The summed E-state index contributed by atoms with van der Waals surface area (Å²) in [4.78, 5) is 43.7. The molecule has 0 aliphatic heterocycles. The third kappa shape index (κ3) is 5.39. The molecule has 0 saturated heterocycles. The minimum Gasteiger partial charge on any atom is -0.383 e. The monoisotopic (exact) mass is 454 g/mol. The largest absolute Gasteiger partial charge is 0.383 e. The van der Waals surface area contributed by atoms with Crippen molar-refractivity contribution < 1.29 is 19.1 Å². The Morgan fingerprint density at radius 1 is 1.20 bits per heavy atom. The number of ether oxygens (including phenoxy) is 2. The number of carbonyl (C=O) groups is 2. The normalized spacial score (nSPS) is 13.3. The number of nitrogens with one attached hydrogen (secondary N) is 2. The van der Waals surface area contributed by atoms with Crippen LogP contribution in [0.2, 0.25) is 0 Å². The quantitative estimate of drug-likeness (QED) is 0.336. The molecule has 0 spiro atoms. The molecule has 0 fully saturated rings. The smallest absolute Gasteiger partial charge is 0.321 e. The number of aryl methyl sites for hydroxylation is 2. The van der Waals surface area contributed by atoms with E-state index in [2.05, 4.69) is 10.6 Å². The van der Waals surface area contributed by atoms with Crippen molar-refractivity contribution in [2.24, 2.45) is 0 Å². The van der Waals surface area contributed by atoms with Gasteiger partial charge in [-0.1, -0.05) is 11.8 Å². The topological polar surface area (TPSA) is 112 Å². The lowest BCUT2D eigenvalue weighted by atomic mass is 9.97. The third-order valence-electron chi connectivity index (χ3n) is 4.74. The zero-order valence-electron chi connectivity index (χ0n) is 17.1. The SMILES string of the molecule is COCCNC(=O)NC(=O)CSc1nc2sc3c(c2c(=O)n1CCOC)CCCC3. The number of fused-ring (bicyclic) bond motifs is 3. The average molecular weight is 455 g/mol. The van der Waals surface area contributed by atoms with Crippen LogP contribution in [0.1, 0.15) is 23.3 Å². The second-order valence-corrected chi connectivity index (χ2v) is 8.85. The van der Waals surface area contributed by atoms with E-state index < -0.39 is 11.9 Å². The molecule has 3 amide bonds. The van der Waals surface area contributed by atoms with Gasteiger partial charge < -0.3 is 14.8 Å². The number of hydrogen-bond donors (Lipinski definition) is 2. The first-order valence-corrected chi connectivity index (χ1v) is 11.6. The first-order valence-electron chi connectivity index (χ1n) is 9.78. The predicted molar refractivity (Wildman–Crippen MR) is 117 cm³/mol. The van der Waals surface area contributed by atoms with Crippen LogP contribution >= 0.6 is 23.1 Å². The number of rotatable bonds is 9. The van der Waals surface area contributed by atoms with Crippen molar-refractivity contribution >= 4 is 45.3 Å². The summed E-state index contributed by atoms with van der Waals surface area (Å²) in [7, 11) is 3.10. The van der Waals surface area contributed by atoms with Crippen LogP contribution in [0.3, 0.4) is 0 Å². The number of urea groups is 1. The van der Waals surface area contributed by atoms with E-state index in [9.17, 15) is 14.4 Å². The number of imide groups is 1. The molecule has 1 aliphatic carbocycles. The molecule has 1 aliphatic rings. The van der Waals surface area contributed by atoms with Crippen molar-refractivity contribution in [1.82, 2.24) is 20.2 Å². The lowest BCUT2D eigenvalue weighted by Crippen LogP contribution is -2.41. The zero-order valence-corrected chi connectivity index (χ0v) is 18.7. The fraction of sp³-hybridized carbons (Fsp3) is 0.579. The summed E-state index contributed by atoms with van der Waals surface area (Å²) in [6, 6.07) is -0.580. The van der Waals surface area contributed by atoms with Gasteiger partial charge in [0.2, 0.25) is 5.91 Å². The molecule has 0 aromatic carbocycles. The Balaban J connectivity index is 1.77. The Bertz CT molecular complexity index is 972.